The Hall–Kier alpha value is -0.820. The Bertz CT molecular complexity index is 233. The van der Waals surface area contributed by atoms with Gasteiger partial charge in [-0.05, 0) is 13.3 Å². The molecule has 2 N–H and O–H groups in total. The summed E-state index contributed by atoms with van der Waals surface area (Å²) < 4.78 is 44.1. The molecule has 0 rings (SSSR count). The van der Waals surface area contributed by atoms with Crippen molar-refractivity contribution in [2.24, 2.45) is 11.1 Å². The van der Waals surface area contributed by atoms with Crippen LogP contribution in [0.2, 0.25) is 0 Å². The van der Waals surface area contributed by atoms with Gasteiger partial charge in [0.25, 0.3) is 0 Å². The van der Waals surface area contributed by atoms with E-state index in [1.165, 1.54) is 14.0 Å². The van der Waals surface area contributed by atoms with Gasteiger partial charge < -0.3 is 15.2 Å². The van der Waals surface area contributed by atoms with E-state index in [9.17, 15) is 18.0 Å². The summed E-state index contributed by atoms with van der Waals surface area (Å²) >= 11 is 0. The predicted molar refractivity (Wildman–Crippen MR) is 50.7 cm³/mol. The summed E-state index contributed by atoms with van der Waals surface area (Å²) in [6.45, 7) is 0.00195. The molecule has 7 heteroatoms. The number of rotatable bonds is 6. The van der Waals surface area contributed by atoms with E-state index in [0.717, 1.165) is 0 Å². The van der Waals surface area contributed by atoms with Gasteiger partial charge in [0.05, 0.1) is 12.5 Å². The van der Waals surface area contributed by atoms with Crippen molar-refractivity contribution < 1.29 is 27.4 Å². The summed E-state index contributed by atoms with van der Waals surface area (Å²) in [5, 5.41) is 0. The first-order valence-corrected chi connectivity index (χ1v) is 4.68. The van der Waals surface area contributed by atoms with Crippen molar-refractivity contribution in [2.75, 3.05) is 26.9 Å². The molecule has 0 aliphatic carbocycles. The fraction of sp³-hybridized carbons (Fsp3) is 0.889. The molecule has 0 radical (unpaired) electrons. The lowest BCUT2D eigenvalue weighted by Crippen LogP contribution is -2.38. The summed E-state index contributed by atoms with van der Waals surface area (Å²) in [6, 6.07) is 0. The largest absolute Gasteiger partial charge is 0.469 e. The molecule has 0 bridgehead atoms. The van der Waals surface area contributed by atoms with Gasteiger partial charge in [-0.15, -0.1) is 0 Å². The zero-order valence-corrected chi connectivity index (χ0v) is 9.26. The molecule has 0 spiro atoms. The van der Waals surface area contributed by atoms with Gasteiger partial charge in [-0.1, -0.05) is 0 Å². The van der Waals surface area contributed by atoms with E-state index >= 15 is 0 Å². The zero-order valence-electron chi connectivity index (χ0n) is 9.26. The molecule has 96 valence electrons. The Balaban J connectivity index is 4.02. The molecule has 0 fully saturated rings. The van der Waals surface area contributed by atoms with E-state index < -0.39 is 24.2 Å². The Morgan fingerprint density at radius 1 is 1.38 bits per heavy atom. The summed E-state index contributed by atoms with van der Waals surface area (Å²) in [4.78, 5) is 11.3. The normalized spacial score (nSPS) is 15.6. The van der Waals surface area contributed by atoms with Crippen LogP contribution in [0.1, 0.15) is 13.3 Å². The van der Waals surface area contributed by atoms with Crippen LogP contribution >= 0.6 is 0 Å². The lowest BCUT2D eigenvalue weighted by Gasteiger charge is -2.24. The summed E-state index contributed by atoms with van der Waals surface area (Å²) in [6.07, 6.45) is -4.27. The van der Waals surface area contributed by atoms with Gasteiger partial charge in [-0.25, -0.2) is 0 Å². The molecule has 0 aromatic heterocycles. The molecule has 1 atom stereocenters. The first-order valence-electron chi connectivity index (χ1n) is 4.68. The lowest BCUT2D eigenvalue weighted by atomic mass is 9.87. The van der Waals surface area contributed by atoms with Crippen molar-refractivity contribution in [1.29, 1.82) is 0 Å². The molecule has 4 nitrogen and oxygen atoms in total. The van der Waals surface area contributed by atoms with Gasteiger partial charge in [0, 0.05) is 13.2 Å². The minimum Gasteiger partial charge on any atom is -0.469 e. The number of nitrogens with two attached hydrogens (primary N) is 1. The van der Waals surface area contributed by atoms with Gasteiger partial charge in [0.1, 0.15) is 6.61 Å². The zero-order chi connectivity index (χ0) is 12.8. The highest BCUT2D eigenvalue weighted by molar-refractivity contribution is 5.76. The first-order chi connectivity index (χ1) is 7.25. The number of ether oxygens (including phenoxy) is 2. The number of methoxy groups -OCH3 is 1. The Labute approximate surface area is 91.9 Å². The summed E-state index contributed by atoms with van der Waals surface area (Å²) in [7, 11) is 1.20. The highest BCUT2D eigenvalue weighted by Crippen LogP contribution is 2.22. The van der Waals surface area contributed by atoms with Gasteiger partial charge >= 0.3 is 12.1 Å². The monoisotopic (exact) mass is 243 g/mol. The van der Waals surface area contributed by atoms with Gasteiger partial charge in [-0.2, -0.15) is 13.2 Å². The molecule has 0 aliphatic heterocycles. The number of hydrogen-bond acceptors (Lipinski definition) is 4. The van der Waals surface area contributed by atoms with Crippen molar-refractivity contribution in [3.63, 3.8) is 0 Å². The topological polar surface area (TPSA) is 61.5 Å². The maximum Gasteiger partial charge on any atom is 0.411 e. The standard InChI is InChI=1S/C9H16F3NO3/c1-8(5-13,7(14)15-2)3-4-16-6-9(10,11)12/h3-6,13H2,1-2H3. The highest BCUT2D eigenvalue weighted by atomic mass is 19.4. The van der Waals surface area contributed by atoms with Crippen molar-refractivity contribution in [1.82, 2.24) is 0 Å². The number of carbonyl (C=O) groups excluding carboxylic acids is 1. The van der Waals surface area contributed by atoms with Gasteiger partial charge in [0.2, 0.25) is 0 Å². The van der Waals surface area contributed by atoms with E-state index in [1.54, 1.807) is 0 Å². The summed E-state index contributed by atoms with van der Waals surface area (Å²) in [5.74, 6) is -0.550. The molecule has 0 heterocycles. The third-order valence-corrected chi connectivity index (χ3v) is 2.19. The van der Waals surface area contributed by atoms with Gasteiger partial charge in [-0.3, -0.25) is 4.79 Å². The van der Waals surface area contributed by atoms with Crippen LogP contribution in [0.4, 0.5) is 13.2 Å². The van der Waals surface area contributed by atoms with Crippen molar-refractivity contribution >= 4 is 5.97 Å². The minimum atomic E-state index is -4.36. The van der Waals surface area contributed by atoms with Crippen LogP contribution in [0.5, 0.6) is 0 Å². The van der Waals surface area contributed by atoms with Crippen LogP contribution in [0.25, 0.3) is 0 Å². The smallest absolute Gasteiger partial charge is 0.411 e. The molecular formula is C9H16F3NO3. The highest BCUT2D eigenvalue weighted by Gasteiger charge is 2.33. The van der Waals surface area contributed by atoms with Crippen LogP contribution in [-0.2, 0) is 14.3 Å². The number of hydrogen-bond donors (Lipinski definition) is 1. The van der Waals surface area contributed by atoms with E-state index in [1.807, 2.05) is 0 Å². The maximum atomic E-state index is 11.7. The molecule has 0 aromatic rings. The number of halogens is 3. The Morgan fingerprint density at radius 2 is 1.94 bits per heavy atom. The van der Waals surface area contributed by atoms with Crippen LogP contribution in [0.15, 0.2) is 0 Å². The third kappa shape index (κ3) is 5.32. The molecule has 0 saturated carbocycles. The second-order valence-corrected chi connectivity index (χ2v) is 3.67. The van der Waals surface area contributed by atoms with E-state index in [0.29, 0.717) is 0 Å². The van der Waals surface area contributed by atoms with E-state index in [2.05, 4.69) is 9.47 Å². The number of alkyl halides is 3. The molecule has 0 aliphatic rings. The van der Waals surface area contributed by atoms with Crippen molar-refractivity contribution in [3.8, 4) is 0 Å². The van der Waals surface area contributed by atoms with Crippen molar-refractivity contribution in [2.45, 2.75) is 19.5 Å². The van der Waals surface area contributed by atoms with Crippen LogP contribution < -0.4 is 5.73 Å². The lowest BCUT2D eigenvalue weighted by molar-refractivity contribution is -0.176. The summed E-state index contributed by atoms with van der Waals surface area (Å²) in [5.41, 5.74) is 4.37. The second kappa shape index (κ2) is 6.05. The third-order valence-electron chi connectivity index (χ3n) is 2.19. The average Bonchev–Trinajstić information content (AvgIpc) is 2.21. The minimum absolute atomic E-state index is 0.00491. The maximum absolute atomic E-state index is 11.7. The number of esters is 1. The Kier molecular flexibility index (Phi) is 5.74. The second-order valence-electron chi connectivity index (χ2n) is 3.67. The Morgan fingerprint density at radius 3 is 2.31 bits per heavy atom. The molecule has 0 aromatic carbocycles. The first kappa shape index (κ1) is 15.2. The van der Waals surface area contributed by atoms with Crippen LogP contribution in [0.3, 0.4) is 0 Å². The fourth-order valence-electron chi connectivity index (χ4n) is 1.02. The molecule has 16 heavy (non-hydrogen) atoms. The fourth-order valence-corrected chi connectivity index (χ4v) is 1.02. The molecule has 0 amide bonds. The predicted octanol–water partition coefficient (Wildman–Crippen LogP) is 1.09. The SMILES string of the molecule is COC(=O)C(C)(CN)CCOCC(F)(F)F. The molecule has 1 unspecified atom stereocenters. The van der Waals surface area contributed by atoms with Gasteiger partial charge in [0.15, 0.2) is 0 Å². The van der Waals surface area contributed by atoms with Crippen molar-refractivity contribution in [3.05, 3.63) is 0 Å². The van der Waals surface area contributed by atoms with E-state index in [-0.39, 0.29) is 19.6 Å². The average molecular weight is 243 g/mol. The molecular weight excluding hydrogens is 227 g/mol. The quantitative estimate of drug-likeness (QED) is 0.560. The van der Waals surface area contributed by atoms with E-state index in [4.69, 9.17) is 5.73 Å². The number of carbonyl (C=O) groups is 1. The molecule has 0 saturated heterocycles. The van der Waals surface area contributed by atoms with Crippen LogP contribution in [0, 0.1) is 5.41 Å². The van der Waals surface area contributed by atoms with Crippen LogP contribution in [-0.4, -0.2) is 39.0 Å².